The smallest absolute Gasteiger partial charge is 0.226 e. The molecule has 0 radical (unpaired) electrons. The van der Waals surface area contributed by atoms with Gasteiger partial charge >= 0.3 is 0 Å². The van der Waals surface area contributed by atoms with Crippen molar-refractivity contribution in [3.63, 3.8) is 0 Å². The standard InChI is InChI=1S/C28H40N4O/c1-19(2)27(20(3)4)28(33)31-16-6-7-25(31)21(5)29-17-22-10-12-24(13-11-22)26-14-15-30-32(26)18-23-8-9-23/h10-15,19-20,23,25,27,29H,5-9,16-18H2,1-4H3. The van der Waals surface area contributed by atoms with Crippen LogP contribution in [0.15, 0.2) is 48.8 Å². The summed E-state index contributed by atoms with van der Waals surface area (Å²) in [5.74, 6) is 1.85. The second kappa shape index (κ2) is 10.1. The van der Waals surface area contributed by atoms with Gasteiger partial charge in [-0.05, 0) is 60.6 Å². The van der Waals surface area contributed by atoms with Gasteiger partial charge in [-0.3, -0.25) is 9.48 Å². The number of nitrogens with one attached hydrogen (secondary N) is 1. The molecule has 5 heteroatoms. The quantitative estimate of drug-likeness (QED) is 0.523. The van der Waals surface area contributed by atoms with Gasteiger partial charge < -0.3 is 10.2 Å². The Morgan fingerprint density at radius 2 is 1.79 bits per heavy atom. The zero-order valence-electron chi connectivity index (χ0n) is 20.8. The van der Waals surface area contributed by atoms with E-state index in [0.717, 1.165) is 44.1 Å². The zero-order chi connectivity index (χ0) is 23.5. The molecule has 1 atom stereocenters. The highest BCUT2D eigenvalue weighted by Gasteiger charge is 2.36. The van der Waals surface area contributed by atoms with Crippen LogP contribution >= 0.6 is 0 Å². The van der Waals surface area contributed by atoms with Crippen LogP contribution in [0.2, 0.25) is 0 Å². The minimum absolute atomic E-state index is 0.0688. The fourth-order valence-electron chi connectivity index (χ4n) is 5.32. The maximum atomic E-state index is 13.3. The van der Waals surface area contributed by atoms with E-state index in [9.17, 15) is 4.79 Å². The summed E-state index contributed by atoms with van der Waals surface area (Å²) in [7, 11) is 0. The van der Waals surface area contributed by atoms with E-state index in [0.29, 0.717) is 11.8 Å². The Labute approximate surface area is 199 Å². The summed E-state index contributed by atoms with van der Waals surface area (Å²) >= 11 is 0. The SMILES string of the molecule is C=C(NCc1ccc(-c2ccnn2CC2CC2)cc1)C1CCCN1C(=O)C(C(C)C)C(C)C. The van der Waals surface area contributed by atoms with E-state index in [1.165, 1.54) is 29.7 Å². The number of carbonyl (C=O) groups excluding carboxylic acids is 1. The fraction of sp³-hybridized carbons (Fsp3) is 0.571. The number of hydrogen-bond acceptors (Lipinski definition) is 3. The third-order valence-electron chi connectivity index (χ3n) is 7.27. The molecule has 1 aromatic carbocycles. The van der Waals surface area contributed by atoms with Gasteiger partial charge in [-0.2, -0.15) is 5.10 Å². The van der Waals surface area contributed by atoms with Gasteiger partial charge in [-0.1, -0.05) is 58.5 Å². The van der Waals surface area contributed by atoms with Gasteiger partial charge in [0.05, 0.1) is 11.7 Å². The molecule has 2 fully saturated rings. The molecule has 4 rings (SSSR count). The Hall–Kier alpha value is -2.56. The van der Waals surface area contributed by atoms with Crippen LogP contribution < -0.4 is 5.32 Å². The molecule has 1 saturated carbocycles. The van der Waals surface area contributed by atoms with E-state index in [2.05, 4.69) is 84.6 Å². The van der Waals surface area contributed by atoms with Gasteiger partial charge in [0.25, 0.3) is 0 Å². The van der Waals surface area contributed by atoms with Crippen molar-refractivity contribution >= 4 is 5.91 Å². The molecule has 2 aliphatic rings. The topological polar surface area (TPSA) is 50.2 Å². The van der Waals surface area contributed by atoms with Crippen molar-refractivity contribution in [1.82, 2.24) is 20.0 Å². The van der Waals surface area contributed by atoms with Crippen LogP contribution in [0.3, 0.4) is 0 Å². The number of likely N-dealkylation sites (tertiary alicyclic amines) is 1. The molecule has 1 saturated heterocycles. The largest absolute Gasteiger partial charge is 0.383 e. The van der Waals surface area contributed by atoms with Crippen LogP contribution in [0.25, 0.3) is 11.3 Å². The van der Waals surface area contributed by atoms with Crippen molar-refractivity contribution in [2.75, 3.05) is 6.54 Å². The van der Waals surface area contributed by atoms with Crippen molar-refractivity contribution in [2.24, 2.45) is 23.7 Å². The van der Waals surface area contributed by atoms with Crippen molar-refractivity contribution in [2.45, 2.75) is 72.5 Å². The van der Waals surface area contributed by atoms with E-state index >= 15 is 0 Å². The van der Waals surface area contributed by atoms with Gasteiger partial charge in [0, 0.05) is 37.4 Å². The lowest BCUT2D eigenvalue weighted by Crippen LogP contribution is -2.45. The van der Waals surface area contributed by atoms with Crippen LogP contribution in [0.5, 0.6) is 0 Å². The van der Waals surface area contributed by atoms with Crippen LogP contribution in [0, 0.1) is 23.7 Å². The summed E-state index contributed by atoms with van der Waals surface area (Å²) in [5.41, 5.74) is 4.57. The molecule has 1 aliphatic carbocycles. The molecule has 2 heterocycles. The van der Waals surface area contributed by atoms with Gasteiger partial charge in [0.1, 0.15) is 0 Å². The number of rotatable bonds is 10. The van der Waals surface area contributed by atoms with Crippen LogP contribution in [-0.2, 0) is 17.9 Å². The van der Waals surface area contributed by atoms with Crippen LogP contribution in [-0.4, -0.2) is 33.2 Å². The van der Waals surface area contributed by atoms with Crippen molar-refractivity contribution in [3.8, 4) is 11.3 Å². The average molecular weight is 449 g/mol. The lowest BCUT2D eigenvalue weighted by Gasteiger charge is -2.33. The first-order valence-electron chi connectivity index (χ1n) is 12.7. The van der Waals surface area contributed by atoms with Crippen molar-refractivity contribution < 1.29 is 4.79 Å². The van der Waals surface area contributed by atoms with Gasteiger partial charge in [0.2, 0.25) is 5.91 Å². The molecule has 33 heavy (non-hydrogen) atoms. The first-order valence-corrected chi connectivity index (χ1v) is 12.7. The van der Waals surface area contributed by atoms with E-state index in [1.54, 1.807) is 0 Å². The molecular formula is C28H40N4O. The number of nitrogens with zero attached hydrogens (tertiary/aromatic N) is 3. The molecule has 1 aromatic heterocycles. The highest BCUT2D eigenvalue weighted by Crippen LogP contribution is 2.32. The van der Waals surface area contributed by atoms with Crippen molar-refractivity contribution in [1.29, 1.82) is 0 Å². The minimum atomic E-state index is 0.0688. The summed E-state index contributed by atoms with van der Waals surface area (Å²) in [5, 5.41) is 8.03. The molecule has 1 aliphatic heterocycles. The number of carbonyl (C=O) groups is 1. The van der Waals surface area contributed by atoms with E-state index < -0.39 is 0 Å². The second-order valence-corrected chi connectivity index (χ2v) is 10.6. The highest BCUT2D eigenvalue weighted by atomic mass is 16.2. The lowest BCUT2D eigenvalue weighted by molar-refractivity contribution is -0.139. The summed E-state index contributed by atoms with van der Waals surface area (Å²) in [6.45, 7) is 15.5. The Bertz CT molecular complexity index is 947. The Balaban J connectivity index is 1.35. The average Bonchev–Trinajstić information content (AvgIpc) is 3.25. The predicted octanol–water partition coefficient (Wildman–Crippen LogP) is 5.48. The molecular weight excluding hydrogens is 408 g/mol. The number of aromatic nitrogens is 2. The van der Waals surface area contributed by atoms with E-state index in [1.807, 2.05) is 6.20 Å². The van der Waals surface area contributed by atoms with Crippen LogP contribution in [0.1, 0.15) is 58.9 Å². The first kappa shape index (κ1) is 23.6. The Kier molecular flexibility index (Phi) is 7.26. The van der Waals surface area contributed by atoms with Crippen molar-refractivity contribution in [3.05, 3.63) is 54.4 Å². The summed E-state index contributed by atoms with van der Waals surface area (Å²) < 4.78 is 2.14. The Morgan fingerprint density at radius 3 is 2.42 bits per heavy atom. The lowest BCUT2D eigenvalue weighted by atomic mass is 9.84. The highest BCUT2D eigenvalue weighted by molar-refractivity contribution is 5.80. The monoisotopic (exact) mass is 448 g/mol. The maximum absolute atomic E-state index is 13.3. The molecule has 0 spiro atoms. The normalized spacial score (nSPS) is 18.5. The molecule has 1 N–H and O–H groups in total. The minimum Gasteiger partial charge on any atom is -0.383 e. The summed E-state index contributed by atoms with van der Waals surface area (Å²) in [6, 6.07) is 10.9. The van der Waals surface area contributed by atoms with Crippen LogP contribution in [0.4, 0.5) is 0 Å². The number of benzene rings is 1. The third-order valence-corrected chi connectivity index (χ3v) is 7.27. The number of hydrogen-bond donors (Lipinski definition) is 1. The second-order valence-electron chi connectivity index (χ2n) is 10.6. The van der Waals surface area contributed by atoms with Gasteiger partial charge in [-0.25, -0.2) is 0 Å². The van der Waals surface area contributed by atoms with Gasteiger partial charge in [0.15, 0.2) is 0 Å². The molecule has 0 bridgehead atoms. The third kappa shape index (κ3) is 5.51. The molecule has 178 valence electrons. The molecule has 1 amide bonds. The number of amides is 1. The first-order chi connectivity index (χ1) is 15.8. The summed E-state index contributed by atoms with van der Waals surface area (Å²) in [6.07, 6.45) is 6.59. The molecule has 2 aromatic rings. The predicted molar refractivity (Wildman–Crippen MR) is 134 cm³/mol. The van der Waals surface area contributed by atoms with Gasteiger partial charge in [-0.15, -0.1) is 0 Å². The fourth-order valence-corrected chi connectivity index (χ4v) is 5.32. The zero-order valence-corrected chi connectivity index (χ0v) is 20.8. The molecule has 1 unspecified atom stereocenters. The Morgan fingerprint density at radius 1 is 1.09 bits per heavy atom. The van der Waals surface area contributed by atoms with E-state index in [4.69, 9.17) is 0 Å². The summed E-state index contributed by atoms with van der Waals surface area (Å²) in [4.78, 5) is 15.4. The molecule has 5 nitrogen and oxygen atoms in total. The van der Waals surface area contributed by atoms with E-state index in [-0.39, 0.29) is 17.9 Å². The maximum Gasteiger partial charge on any atom is 0.226 e.